The molecule has 1 heterocycles. The van der Waals surface area contributed by atoms with E-state index in [9.17, 15) is 18.0 Å². The van der Waals surface area contributed by atoms with Crippen molar-refractivity contribution in [1.29, 1.82) is 0 Å². The number of hydrogen-bond acceptors (Lipinski definition) is 6. The second-order valence-electron chi connectivity index (χ2n) is 7.58. The number of thiazole rings is 1. The summed E-state index contributed by atoms with van der Waals surface area (Å²) in [5.41, 5.74) is 0.953. The summed E-state index contributed by atoms with van der Waals surface area (Å²) in [6, 6.07) is 6.40. The van der Waals surface area contributed by atoms with Crippen LogP contribution in [0.1, 0.15) is 49.3 Å². The number of carbonyl (C=O) groups is 2. The number of anilines is 1. The predicted molar refractivity (Wildman–Crippen MR) is 116 cm³/mol. The number of carboxylic acid groups (broad SMARTS) is 1. The largest absolute Gasteiger partial charge is 0.481 e. The molecule has 0 radical (unpaired) electrons. The average Bonchev–Trinajstić information content (AvgIpc) is 3.28. The smallest absolute Gasteiger partial charge is 0.309 e. The topological polar surface area (TPSA) is 113 Å². The minimum Gasteiger partial charge on any atom is -0.481 e. The highest BCUT2D eigenvalue weighted by molar-refractivity contribution is 7.90. The van der Waals surface area contributed by atoms with Gasteiger partial charge in [0.1, 0.15) is 4.34 Å². The number of nitrogens with zero attached hydrogens (tertiary/aromatic N) is 1. The number of nitrogens with one attached hydrogen (secondary N) is 1. The maximum absolute atomic E-state index is 13.1. The molecule has 1 aromatic carbocycles. The van der Waals surface area contributed by atoms with Crippen LogP contribution >= 0.6 is 22.9 Å². The van der Waals surface area contributed by atoms with E-state index in [1.807, 2.05) is 0 Å². The molecular weight excluding hydrogens is 448 g/mol. The average molecular weight is 471 g/mol. The molecule has 0 aliphatic heterocycles. The zero-order valence-corrected chi connectivity index (χ0v) is 18.8. The van der Waals surface area contributed by atoms with E-state index in [4.69, 9.17) is 16.7 Å². The Morgan fingerprint density at radius 3 is 2.47 bits per heavy atom. The van der Waals surface area contributed by atoms with Crippen LogP contribution in [-0.2, 0) is 25.8 Å². The zero-order valence-electron chi connectivity index (χ0n) is 16.4. The summed E-state index contributed by atoms with van der Waals surface area (Å²) < 4.78 is 23.7. The summed E-state index contributed by atoms with van der Waals surface area (Å²) >= 11 is 7.08. The normalized spacial score (nSPS) is 15.8. The summed E-state index contributed by atoms with van der Waals surface area (Å²) in [6.45, 7) is 0. The van der Waals surface area contributed by atoms with E-state index < -0.39 is 21.7 Å². The van der Waals surface area contributed by atoms with Crippen LogP contribution < -0.4 is 5.32 Å². The van der Waals surface area contributed by atoms with Gasteiger partial charge in [0.25, 0.3) is 0 Å². The molecule has 1 amide bonds. The Hall–Kier alpha value is -1.97. The molecule has 1 saturated carbocycles. The van der Waals surface area contributed by atoms with Gasteiger partial charge in [0.15, 0.2) is 15.0 Å². The molecule has 0 spiro atoms. The quantitative estimate of drug-likeness (QED) is 0.599. The van der Waals surface area contributed by atoms with Crippen molar-refractivity contribution < 1.29 is 23.1 Å². The van der Waals surface area contributed by atoms with Gasteiger partial charge in [0, 0.05) is 6.26 Å². The van der Waals surface area contributed by atoms with Gasteiger partial charge in [-0.3, -0.25) is 9.59 Å². The number of carbonyl (C=O) groups excluding carboxylic acids is 1. The van der Waals surface area contributed by atoms with Crippen LogP contribution in [0.5, 0.6) is 0 Å². The summed E-state index contributed by atoms with van der Waals surface area (Å²) in [5.74, 6) is -1.35. The fraction of sp³-hybridized carbons (Fsp3) is 0.450. The molecule has 10 heteroatoms. The molecule has 162 valence electrons. The molecule has 0 unspecified atom stereocenters. The Morgan fingerprint density at radius 1 is 1.27 bits per heavy atom. The molecule has 0 saturated heterocycles. The number of amides is 1. The van der Waals surface area contributed by atoms with Crippen LogP contribution in [0.3, 0.4) is 0 Å². The monoisotopic (exact) mass is 470 g/mol. The lowest BCUT2D eigenvalue weighted by Crippen LogP contribution is -2.23. The molecule has 1 aliphatic rings. The zero-order chi connectivity index (χ0) is 21.9. The van der Waals surface area contributed by atoms with E-state index in [1.54, 1.807) is 12.1 Å². The van der Waals surface area contributed by atoms with Crippen molar-refractivity contribution in [2.24, 2.45) is 5.92 Å². The standard InChI is InChI=1S/C20H23ClN2O5S2/c1-30(27,28)14-8-6-13(7-9-14)15(10-12-4-2-3-5-12)19(26)23-20-22-16(11-17(24)25)18(21)29-20/h6-9,12,15H,2-5,10-11H2,1H3,(H,24,25)(H,22,23,26)/t15-/m1/s1. The van der Waals surface area contributed by atoms with Gasteiger partial charge in [-0.05, 0) is 30.0 Å². The number of aromatic nitrogens is 1. The maximum atomic E-state index is 13.1. The van der Waals surface area contributed by atoms with Crippen LogP contribution in [-0.4, -0.2) is 36.6 Å². The van der Waals surface area contributed by atoms with Crippen LogP contribution in [0, 0.1) is 5.92 Å². The number of benzene rings is 1. The maximum Gasteiger partial charge on any atom is 0.309 e. The molecule has 3 rings (SSSR count). The third kappa shape index (κ3) is 5.80. The number of aliphatic carboxylic acids is 1. The van der Waals surface area contributed by atoms with E-state index in [2.05, 4.69) is 10.3 Å². The van der Waals surface area contributed by atoms with Crippen LogP contribution in [0.25, 0.3) is 0 Å². The number of hydrogen-bond donors (Lipinski definition) is 2. The van der Waals surface area contributed by atoms with Crippen LogP contribution in [0.15, 0.2) is 29.2 Å². The Bertz CT molecular complexity index is 1030. The van der Waals surface area contributed by atoms with Crippen molar-refractivity contribution in [2.45, 2.75) is 49.3 Å². The molecule has 0 bridgehead atoms. The highest BCUT2D eigenvalue weighted by Gasteiger charge is 2.28. The molecule has 1 atom stereocenters. The Labute approximate surface area is 184 Å². The third-order valence-electron chi connectivity index (χ3n) is 5.27. The second kappa shape index (κ2) is 9.45. The predicted octanol–water partition coefficient (Wildman–Crippen LogP) is 4.13. The van der Waals surface area contributed by atoms with Crippen molar-refractivity contribution in [1.82, 2.24) is 4.98 Å². The number of carboxylic acids is 1. The van der Waals surface area contributed by atoms with E-state index in [1.165, 1.54) is 12.1 Å². The fourth-order valence-corrected chi connectivity index (χ4v) is 5.42. The molecular formula is C20H23ClN2O5S2. The lowest BCUT2D eigenvalue weighted by Gasteiger charge is -2.20. The first-order chi connectivity index (χ1) is 14.1. The summed E-state index contributed by atoms with van der Waals surface area (Å²) in [4.78, 5) is 28.4. The first-order valence-corrected chi connectivity index (χ1v) is 12.7. The minimum atomic E-state index is -3.32. The summed E-state index contributed by atoms with van der Waals surface area (Å²) in [5, 5.41) is 12.0. The van der Waals surface area contributed by atoms with E-state index >= 15 is 0 Å². The lowest BCUT2D eigenvalue weighted by molar-refractivity contribution is -0.136. The summed E-state index contributed by atoms with van der Waals surface area (Å²) in [6.07, 6.45) is 5.91. The number of sulfone groups is 1. The minimum absolute atomic E-state index is 0.205. The van der Waals surface area contributed by atoms with Gasteiger partial charge in [0.2, 0.25) is 5.91 Å². The second-order valence-corrected chi connectivity index (χ2v) is 11.2. The Kier molecular flexibility index (Phi) is 7.15. The molecule has 1 aromatic heterocycles. The molecule has 7 nitrogen and oxygen atoms in total. The van der Waals surface area contributed by atoms with Crippen molar-refractivity contribution >= 4 is 49.8 Å². The lowest BCUT2D eigenvalue weighted by atomic mass is 9.87. The fourth-order valence-electron chi connectivity index (χ4n) is 3.75. The number of rotatable bonds is 8. The van der Waals surface area contributed by atoms with Crippen LogP contribution in [0.4, 0.5) is 5.13 Å². The van der Waals surface area contributed by atoms with Crippen molar-refractivity contribution in [3.05, 3.63) is 39.9 Å². The van der Waals surface area contributed by atoms with Gasteiger partial charge < -0.3 is 10.4 Å². The van der Waals surface area contributed by atoms with E-state index in [0.29, 0.717) is 12.3 Å². The van der Waals surface area contributed by atoms with Crippen molar-refractivity contribution in [3.8, 4) is 0 Å². The van der Waals surface area contributed by atoms with Crippen LogP contribution in [0.2, 0.25) is 4.34 Å². The van der Waals surface area contributed by atoms with E-state index in [-0.39, 0.29) is 32.4 Å². The van der Waals surface area contributed by atoms with E-state index in [0.717, 1.165) is 48.8 Å². The summed E-state index contributed by atoms with van der Waals surface area (Å²) in [7, 11) is -3.32. The molecule has 30 heavy (non-hydrogen) atoms. The molecule has 1 aliphatic carbocycles. The Balaban J connectivity index is 1.82. The third-order valence-corrected chi connectivity index (χ3v) is 7.65. The van der Waals surface area contributed by atoms with Gasteiger partial charge in [-0.25, -0.2) is 13.4 Å². The highest BCUT2D eigenvalue weighted by atomic mass is 35.5. The van der Waals surface area contributed by atoms with Gasteiger partial charge in [-0.15, -0.1) is 0 Å². The molecule has 2 N–H and O–H groups in total. The van der Waals surface area contributed by atoms with Gasteiger partial charge in [-0.1, -0.05) is 60.8 Å². The van der Waals surface area contributed by atoms with Gasteiger partial charge >= 0.3 is 5.97 Å². The van der Waals surface area contributed by atoms with Gasteiger partial charge in [-0.2, -0.15) is 0 Å². The molecule has 1 fully saturated rings. The van der Waals surface area contributed by atoms with Crippen molar-refractivity contribution in [3.63, 3.8) is 0 Å². The SMILES string of the molecule is CS(=O)(=O)c1ccc([C@@H](CC2CCCC2)C(=O)Nc2nc(CC(=O)O)c(Cl)s2)cc1. The highest BCUT2D eigenvalue weighted by Crippen LogP contribution is 2.36. The molecule has 2 aromatic rings. The van der Waals surface area contributed by atoms with Crippen molar-refractivity contribution in [2.75, 3.05) is 11.6 Å². The number of halogens is 1. The van der Waals surface area contributed by atoms with Gasteiger partial charge in [0.05, 0.1) is 22.9 Å². The first kappa shape index (κ1) is 22.7. The Morgan fingerprint density at radius 2 is 1.90 bits per heavy atom. The first-order valence-electron chi connectivity index (χ1n) is 9.61.